The standard InChI is InChI=1S/C24H21N3O/c28-24(26-15-14-18-8-4-5-11-20(18)16-26)23(19-9-2-1-3-10-19)27-17-25-21-12-6-7-13-22(21)27/h1-13,17,23H,14-16H2. The van der Waals surface area contributed by atoms with E-state index in [2.05, 4.69) is 23.2 Å². The van der Waals surface area contributed by atoms with E-state index >= 15 is 0 Å². The first kappa shape index (κ1) is 16.8. The lowest BCUT2D eigenvalue weighted by Gasteiger charge is -2.32. The zero-order chi connectivity index (χ0) is 18.9. The van der Waals surface area contributed by atoms with Crippen molar-refractivity contribution < 1.29 is 4.79 Å². The number of carbonyl (C=O) groups excluding carboxylic acids is 1. The van der Waals surface area contributed by atoms with E-state index in [4.69, 9.17) is 0 Å². The van der Waals surface area contributed by atoms with Crippen LogP contribution in [0.3, 0.4) is 0 Å². The van der Waals surface area contributed by atoms with E-state index in [1.165, 1.54) is 11.1 Å². The van der Waals surface area contributed by atoms with Gasteiger partial charge < -0.3 is 9.47 Å². The Labute approximate surface area is 164 Å². The van der Waals surface area contributed by atoms with Crippen LogP contribution in [0.2, 0.25) is 0 Å². The molecule has 0 saturated carbocycles. The van der Waals surface area contributed by atoms with Crippen molar-refractivity contribution in [1.29, 1.82) is 0 Å². The smallest absolute Gasteiger partial charge is 0.250 e. The van der Waals surface area contributed by atoms with Crippen LogP contribution in [-0.4, -0.2) is 26.9 Å². The van der Waals surface area contributed by atoms with Crippen LogP contribution >= 0.6 is 0 Å². The number of amides is 1. The summed E-state index contributed by atoms with van der Waals surface area (Å²) in [6.45, 7) is 1.40. The highest BCUT2D eigenvalue weighted by Gasteiger charge is 2.30. The second kappa shape index (κ2) is 6.97. The number of fused-ring (bicyclic) bond motifs is 2. The fourth-order valence-electron chi connectivity index (χ4n) is 4.10. The first-order valence-electron chi connectivity index (χ1n) is 9.63. The number of aromatic nitrogens is 2. The van der Waals surface area contributed by atoms with Crippen molar-refractivity contribution in [3.63, 3.8) is 0 Å². The van der Waals surface area contributed by atoms with E-state index in [9.17, 15) is 4.79 Å². The van der Waals surface area contributed by atoms with Gasteiger partial charge in [-0.15, -0.1) is 0 Å². The van der Waals surface area contributed by atoms with Gasteiger partial charge in [-0.25, -0.2) is 4.98 Å². The van der Waals surface area contributed by atoms with Crippen molar-refractivity contribution in [1.82, 2.24) is 14.5 Å². The summed E-state index contributed by atoms with van der Waals surface area (Å²) in [5.41, 5.74) is 5.44. The van der Waals surface area contributed by atoms with Gasteiger partial charge in [0.1, 0.15) is 6.04 Å². The molecule has 1 atom stereocenters. The minimum absolute atomic E-state index is 0.115. The Balaban J connectivity index is 1.57. The molecule has 5 rings (SSSR count). The van der Waals surface area contributed by atoms with Gasteiger partial charge in [-0.3, -0.25) is 4.79 Å². The van der Waals surface area contributed by atoms with E-state index in [-0.39, 0.29) is 5.91 Å². The molecule has 1 aliphatic rings. The SMILES string of the molecule is O=C(C(c1ccccc1)n1cnc2ccccc21)N1CCc2ccccc2C1. The highest BCUT2D eigenvalue weighted by molar-refractivity contribution is 5.87. The summed E-state index contributed by atoms with van der Waals surface area (Å²) in [5, 5.41) is 0. The maximum Gasteiger partial charge on any atom is 0.250 e. The molecular weight excluding hydrogens is 346 g/mol. The van der Waals surface area contributed by atoms with Gasteiger partial charge in [-0.05, 0) is 35.2 Å². The molecule has 4 aromatic rings. The van der Waals surface area contributed by atoms with Gasteiger partial charge in [0.15, 0.2) is 0 Å². The fraction of sp³-hybridized carbons (Fsp3) is 0.167. The Morgan fingerprint density at radius 2 is 1.57 bits per heavy atom. The second-order valence-electron chi connectivity index (χ2n) is 7.23. The third-order valence-electron chi connectivity index (χ3n) is 5.55. The molecule has 0 N–H and O–H groups in total. The van der Waals surface area contributed by atoms with Crippen molar-refractivity contribution >= 4 is 16.9 Å². The molecule has 0 aliphatic carbocycles. The second-order valence-corrected chi connectivity index (χ2v) is 7.23. The van der Waals surface area contributed by atoms with Crippen LogP contribution in [0.25, 0.3) is 11.0 Å². The number of imidazole rings is 1. The Morgan fingerprint density at radius 1 is 0.857 bits per heavy atom. The monoisotopic (exact) mass is 367 g/mol. The maximum atomic E-state index is 13.7. The van der Waals surface area contributed by atoms with Gasteiger partial charge >= 0.3 is 0 Å². The summed E-state index contributed by atoms with van der Waals surface area (Å²) >= 11 is 0. The van der Waals surface area contributed by atoms with Gasteiger partial charge in [0.25, 0.3) is 5.91 Å². The quantitative estimate of drug-likeness (QED) is 0.544. The molecule has 1 amide bonds. The van der Waals surface area contributed by atoms with E-state index in [1.807, 2.05) is 70.1 Å². The zero-order valence-electron chi connectivity index (χ0n) is 15.5. The van der Waals surface area contributed by atoms with Crippen molar-refractivity contribution in [2.45, 2.75) is 19.0 Å². The van der Waals surface area contributed by atoms with Crippen LogP contribution in [-0.2, 0) is 17.8 Å². The molecule has 1 aromatic heterocycles. The normalized spacial score (nSPS) is 14.6. The number of para-hydroxylation sites is 2. The summed E-state index contributed by atoms with van der Waals surface area (Å²) in [6.07, 6.45) is 2.69. The lowest BCUT2D eigenvalue weighted by atomic mass is 9.98. The summed E-state index contributed by atoms with van der Waals surface area (Å²) in [4.78, 5) is 20.2. The molecule has 28 heavy (non-hydrogen) atoms. The molecule has 4 nitrogen and oxygen atoms in total. The highest BCUT2D eigenvalue weighted by Crippen LogP contribution is 2.28. The van der Waals surface area contributed by atoms with Crippen molar-refractivity contribution in [3.8, 4) is 0 Å². The predicted octanol–water partition coefficient (Wildman–Crippen LogP) is 4.21. The van der Waals surface area contributed by atoms with Crippen molar-refractivity contribution in [3.05, 3.63) is 102 Å². The molecule has 1 aliphatic heterocycles. The van der Waals surface area contributed by atoms with E-state index in [1.54, 1.807) is 6.33 Å². The predicted molar refractivity (Wildman–Crippen MR) is 110 cm³/mol. The Bertz CT molecular complexity index is 1130. The average molecular weight is 367 g/mol. The molecule has 0 bridgehead atoms. The molecule has 4 heteroatoms. The van der Waals surface area contributed by atoms with Crippen LogP contribution in [0.4, 0.5) is 0 Å². The molecule has 1 unspecified atom stereocenters. The van der Waals surface area contributed by atoms with Gasteiger partial charge in [0.2, 0.25) is 0 Å². The summed E-state index contributed by atoms with van der Waals surface area (Å²) < 4.78 is 2.01. The lowest BCUT2D eigenvalue weighted by Crippen LogP contribution is -2.40. The van der Waals surface area contributed by atoms with Crippen LogP contribution < -0.4 is 0 Å². The van der Waals surface area contributed by atoms with Crippen LogP contribution in [0, 0.1) is 0 Å². The molecular formula is C24H21N3O. The van der Waals surface area contributed by atoms with Gasteiger partial charge in [0, 0.05) is 13.1 Å². The molecule has 0 saturated heterocycles. The molecule has 2 heterocycles. The number of carbonyl (C=O) groups is 1. The minimum atomic E-state index is -0.418. The molecule has 138 valence electrons. The van der Waals surface area contributed by atoms with E-state index in [0.29, 0.717) is 6.54 Å². The molecule has 0 fully saturated rings. The molecule has 0 spiro atoms. The van der Waals surface area contributed by atoms with Gasteiger partial charge in [0.05, 0.1) is 17.4 Å². The topological polar surface area (TPSA) is 38.1 Å². The summed E-state index contributed by atoms with van der Waals surface area (Å²) in [6, 6.07) is 26.0. The third kappa shape index (κ3) is 2.87. The summed E-state index contributed by atoms with van der Waals surface area (Å²) in [5.74, 6) is 0.115. The minimum Gasteiger partial charge on any atom is -0.336 e. The number of nitrogens with zero attached hydrogens (tertiary/aromatic N) is 3. The molecule has 0 radical (unpaired) electrons. The molecule has 3 aromatic carbocycles. The van der Waals surface area contributed by atoms with E-state index < -0.39 is 6.04 Å². The van der Waals surface area contributed by atoms with Gasteiger partial charge in [-0.1, -0.05) is 66.7 Å². The lowest BCUT2D eigenvalue weighted by molar-refractivity contribution is -0.134. The Hall–Kier alpha value is -3.40. The van der Waals surface area contributed by atoms with Crippen LogP contribution in [0.15, 0.2) is 85.2 Å². The number of rotatable bonds is 3. The number of hydrogen-bond donors (Lipinski definition) is 0. The first-order valence-corrected chi connectivity index (χ1v) is 9.63. The largest absolute Gasteiger partial charge is 0.336 e. The Kier molecular flexibility index (Phi) is 4.17. The van der Waals surface area contributed by atoms with E-state index in [0.717, 1.165) is 29.6 Å². The van der Waals surface area contributed by atoms with Gasteiger partial charge in [-0.2, -0.15) is 0 Å². The summed E-state index contributed by atoms with van der Waals surface area (Å²) in [7, 11) is 0. The van der Waals surface area contributed by atoms with Crippen LogP contribution in [0.1, 0.15) is 22.7 Å². The number of benzene rings is 3. The maximum absolute atomic E-state index is 13.7. The fourth-order valence-corrected chi connectivity index (χ4v) is 4.10. The van der Waals surface area contributed by atoms with Crippen LogP contribution in [0.5, 0.6) is 0 Å². The Morgan fingerprint density at radius 3 is 2.43 bits per heavy atom. The van der Waals surface area contributed by atoms with Crippen molar-refractivity contribution in [2.75, 3.05) is 6.54 Å². The third-order valence-corrected chi connectivity index (χ3v) is 5.55. The zero-order valence-corrected chi connectivity index (χ0v) is 15.5. The average Bonchev–Trinajstić information content (AvgIpc) is 3.18. The number of hydrogen-bond acceptors (Lipinski definition) is 2. The first-order chi connectivity index (χ1) is 13.8. The van der Waals surface area contributed by atoms with Crippen molar-refractivity contribution in [2.24, 2.45) is 0 Å². The highest BCUT2D eigenvalue weighted by atomic mass is 16.2.